The van der Waals surface area contributed by atoms with Gasteiger partial charge in [-0.2, -0.15) is 13.2 Å². The van der Waals surface area contributed by atoms with Crippen LogP contribution in [0.4, 0.5) is 23.8 Å². The Balaban J connectivity index is 1.53. The van der Waals surface area contributed by atoms with Crippen molar-refractivity contribution in [2.24, 2.45) is 0 Å². The van der Waals surface area contributed by atoms with Gasteiger partial charge in [0.25, 0.3) is 0 Å². The largest absolute Gasteiger partial charge is 0.445 e. The molecule has 0 saturated carbocycles. The van der Waals surface area contributed by atoms with E-state index in [0.29, 0.717) is 26.2 Å². The molecule has 0 aliphatic carbocycles. The van der Waals surface area contributed by atoms with Crippen LogP contribution in [0.3, 0.4) is 0 Å². The van der Waals surface area contributed by atoms with E-state index >= 15 is 0 Å². The zero-order valence-corrected chi connectivity index (χ0v) is 13.8. The fourth-order valence-corrected chi connectivity index (χ4v) is 2.60. The van der Waals surface area contributed by atoms with Crippen LogP contribution < -0.4 is 4.90 Å². The number of rotatable bonds is 3. The van der Waals surface area contributed by atoms with Crippen molar-refractivity contribution in [2.45, 2.75) is 12.8 Å². The highest BCUT2D eigenvalue weighted by Gasteiger charge is 2.33. The zero-order chi connectivity index (χ0) is 18.6. The first kappa shape index (κ1) is 18.0. The van der Waals surface area contributed by atoms with Gasteiger partial charge in [0, 0.05) is 32.2 Å². The topological polar surface area (TPSA) is 58.6 Å². The Kier molecular flexibility index (Phi) is 5.24. The third kappa shape index (κ3) is 4.41. The Hall–Kier alpha value is -2.84. The van der Waals surface area contributed by atoms with Gasteiger partial charge in [0.1, 0.15) is 24.4 Å². The molecule has 3 rings (SSSR count). The number of carbonyl (C=O) groups excluding carboxylic acids is 1. The third-order valence-electron chi connectivity index (χ3n) is 4.01. The fourth-order valence-electron chi connectivity index (χ4n) is 2.60. The van der Waals surface area contributed by atoms with Crippen molar-refractivity contribution >= 4 is 11.9 Å². The number of nitrogens with zero attached hydrogens (tertiary/aromatic N) is 4. The normalized spacial score (nSPS) is 15.0. The predicted molar refractivity (Wildman–Crippen MR) is 87.4 cm³/mol. The van der Waals surface area contributed by atoms with Crippen LogP contribution in [-0.4, -0.2) is 47.1 Å². The minimum Gasteiger partial charge on any atom is -0.445 e. The quantitative estimate of drug-likeness (QED) is 0.836. The van der Waals surface area contributed by atoms with Crippen molar-refractivity contribution < 1.29 is 22.7 Å². The Bertz CT molecular complexity index is 747. The number of hydrogen-bond acceptors (Lipinski definition) is 5. The van der Waals surface area contributed by atoms with Crippen LogP contribution in [0.25, 0.3) is 0 Å². The summed E-state index contributed by atoms with van der Waals surface area (Å²) in [6.07, 6.45) is -4.05. The summed E-state index contributed by atoms with van der Waals surface area (Å²) in [4.78, 5) is 22.5. The Morgan fingerprint density at radius 1 is 1.08 bits per heavy atom. The molecule has 138 valence electrons. The summed E-state index contributed by atoms with van der Waals surface area (Å²) < 4.78 is 43.5. The van der Waals surface area contributed by atoms with E-state index < -0.39 is 18.0 Å². The van der Waals surface area contributed by atoms with Gasteiger partial charge in [-0.05, 0) is 5.56 Å². The van der Waals surface area contributed by atoms with Gasteiger partial charge in [-0.1, -0.05) is 30.3 Å². The van der Waals surface area contributed by atoms with Crippen molar-refractivity contribution in [1.82, 2.24) is 14.9 Å². The summed E-state index contributed by atoms with van der Waals surface area (Å²) in [5.74, 6) is 0.199. The lowest BCUT2D eigenvalue weighted by Gasteiger charge is -2.34. The summed E-state index contributed by atoms with van der Waals surface area (Å²) >= 11 is 0. The molecule has 1 aliphatic rings. The molecule has 0 bridgehead atoms. The zero-order valence-electron chi connectivity index (χ0n) is 13.8. The molecule has 26 heavy (non-hydrogen) atoms. The van der Waals surface area contributed by atoms with Crippen molar-refractivity contribution in [1.29, 1.82) is 0 Å². The molecule has 0 N–H and O–H groups in total. The predicted octanol–water partition coefficient (Wildman–Crippen LogP) is 2.95. The number of alkyl halides is 3. The molecule has 0 spiro atoms. The smallest absolute Gasteiger partial charge is 0.433 e. The molecular formula is C17H17F3N4O2. The number of amides is 1. The van der Waals surface area contributed by atoms with Crippen LogP contribution in [0.15, 0.2) is 42.7 Å². The highest BCUT2D eigenvalue weighted by atomic mass is 19.4. The highest BCUT2D eigenvalue weighted by molar-refractivity contribution is 5.68. The first-order chi connectivity index (χ1) is 12.4. The lowest BCUT2D eigenvalue weighted by molar-refractivity contribution is -0.141. The molecule has 1 aromatic carbocycles. The Labute approximate surface area is 148 Å². The fraction of sp³-hybridized carbons (Fsp3) is 0.353. The number of hydrogen-bond donors (Lipinski definition) is 0. The van der Waals surface area contributed by atoms with Crippen LogP contribution in [0, 0.1) is 0 Å². The van der Waals surface area contributed by atoms with Crippen LogP contribution in [0.5, 0.6) is 0 Å². The average Bonchev–Trinajstić information content (AvgIpc) is 2.66. The number of piperazine rings is 1. The molecule has 2 aromatic rings. The van der Waals surface area contributed by atoms with Gasteiger partial charge in [-0.25, -0.2) is 14.8 Å². The molecule has 1 fully saturated rings. The van der Waals surface area contributed by atoms with E-state index in [9.17, 15) is 18.0 Å². The minimum atomic E-state index is -4.51. The molecule has 1 aliphatic heterocycles. The van der Waals surface area contributed by atoms with E-state index in [-0.39, 0.29) is 12.4 Å². The van der Waals surface area contributed by atoms with Crippen LogP contribution in [0.1, 0.15) is 11.3 Å². The lowest BCUT2D eigenvalue weighted by atomic mass is 10.2. The van der Waals surface area contributed by atoms with Crippen molar-refractivity contribution in [3.05, 3.63) is 54.0 Å². The monoisotopic (exact) mass is 366 g/mol. The number of ether oxygens (including phenoxy) is 1. The number of carbonyl (C=O) groups is 1. The molecule has 6 nitrogen and oxygen atoms in total. The van der Waals surface area contributed by atoms with Gasteiger partial charge in [0.15, 0.2) is 0 Å². The van der Waals surface area contributed by atoms with Gasteiger partial charge >= 0.3 is 12.3 Å². The first-order valence-corrected chi connectivity index (χ1v) is 8.03. The van der Waals surface area contributed by atoms with Crippen molar-refractivity contribution in [3.8, 4) is 0 Å². The van der Waals surface area contributed by atoms with Gasteiger partial charge in [0.2, 0.25) is 0 Å². The second-order valence-electron chi connectivity index (χ2n) is 5.77. The van der Waals surface area contributed by atoms with Gasteiger partial charge in [-0.3, -0.25) is 0 Å². The summed E-state index contributed by atoms with van der Waals surface area (Å²) in [5, 5.41) is 0. The van der Waals surface area contributed by atoms with E-state index in [4.69, 9.17) is 4.74 Å². The average molecular weight is 366 g/mol. The maximum atomic E-state index is 12.7. The molecule has 0 atom stereocenters. The number of anilines is 1. The number of benzene rings is 1. The number of halogens is 3. The molecule has 0 unspecified atom stereocenters. The van der Waals surface area contributed by atoms with E-state index in [0.717, 1.165) is 18.0 Å². The second-order valence-corrected chi connectivity index (χ2v) is 5.77. The molecular weight excluding hydrogens is 349 g/mol. The molecule has 0 radical (unpaired) electrons. The van der Waals surface area contributed by atoms with Crippen LogP contribution in [-0.2, 0) is 17.5 Å². The van der Waals surface area contributed by atoms with Crippen molar-refractivity contribution in [3.63, 3.8) is 0 Å². The SMILES string of the molecule is O=C(OCc1ccccc1)N1CCN(c2cc(C(F)(F)F)ncn2)CC1. The van der Waals surface area contributed by atoms with Crippen LogP contribution in [0.2, 0.25) is 0 Å². The summed E-state index contributed by atoms with van der Waals surface area (Å²) in [7, 11) is 0. The van der Waals surface area contributed by atoms with E-state index in [1.54, 1.807) is 4.90 Å². The summed E-state index contributed by atoms with van der Waals surface area (Å²) in [6.45, 7) is 1.61. The van der Waals surface area contributed by atoms with E-state index in [1.807, 2.05) is 30.3 Å². The van der Waals surface area contributed by atoms with E-state index in [2.05, 4.69) is 9.97 Å². The molecule has 1 aromatic heterocycles. The first-order valence-electron chi connectivity index (χ1n) is 8.03. The lowest BCUT2D eigenvalue weighted by Crippen LogP contribution is -2.49. The third-order valence-corrected chi connectivity index (χ3v) is 4.01. The standard InChI is InChI=1S/C17H17F3N4O2/c18-17(19,20)14-10-15(22-12-21-14)23-6-8-24(9-7-23)16(25)26-11-13-4-2-1-3-5-13/h1-5,10,12H,6-9,11H2. The number of aromatic nitrogens is 2. The van der Waals surface area contributed by atoms with Crippen LogP contribution >= 0.6 is 0 Å². The molecule has 9 heteroatoms. The Morgan fingerprint density at radius 3 is 2.42 bits per heavy atom. The molecule has 2 heterocycles. The van der Waals surface area contributed by atoms with Gasteiger partial charge < -0.3 is 14.5 Å². The molecule has 1 amide bonds. The summed E-state index contributed by atoms with van der Waals surface area (Å²) in [5.41, 5.74) is -0.0904. The maximum absolute atomic E-state index is 12.7. The highest BCUT2D eigenvalue weighted by Crippen LogP contribution is 2.29. The van der Waals surface area contributed by atoms with Crippen molar-refractivity contribution in [2.75, 3.05) is 31.1 Å². The maximum Gasteiger partial charge on any atom is 0.433 e. The molecule has 1 saturated heterocycles. The van der Waals surface area contributed by atoms with Gasteiger partial charge in [0.05, 0.1) is 0 Å². The van der Waals surface area contributed by atoms with Gasteiger partial charge in [-0.15, -0.1) is 0 Å². The van der Waals surface area contributed by atoms with E-state index in [1.165, 1.54) is 4.90 Å². The Morgan fingerprint density at radius 2 is 1.77 bits per heavy atom. The second kappa shape index (κ2) is 7.59. The summed E-state index contributed by atoms with van der Waals surface area (Å²) in [6, 6.07) is 10.2. The minimum absolute atomic E-state index is 0.181.